The fourth-order valence-electron chi connectivity index (χ4n) is 2.61. The van der Waals surface area contributed by atoms with Crippen LogP contribution >= 0.6 is 0 Å². The molecule has 1 heterocycles. The molecule has 0 bridgehead atoms. The van der Waals surface area contributed by atoms with Crippen molar-refractivity contribution in [2.45, 2.75) is 75.7 Å². The smallest absolute Gasteiger partial charge is 0.305 e. The van der Waals surface area contributed by atoms with Gasteiger partial charge in [-0.15, -0.1) is 0 Å². The first kappa shape index (κ1) is 21.3. The molecule has 24 heavy (non-hydrogen) atoms. The Morgan fingerprint density at radius 2 is 1.71 bits per heavy atom. The summed E-state index contributed by atoms with van der Waals surface area (Å²) in [5, 5.41) is 37.9. The summed E-state index contributed by atoms with van der Waals surface area (Å²) in [6.07, 6.45) is 0.228. The fourth-order valence-corrected chi connectivity index (χ4v) is 2.61. The lowest BCUT2D eigenvalue weighted by atomic mass is 10.1. The average Bonchev–Trinajstić information content (AvgIpc) is 2.87. The summed E-state index contributed by atoms with van der Waals surface area (Å²) >= 11 is 0. The van der Waals surface area contributed by atoms with Crippen LogP contribution in [-0.2, 0) is 19.0 Å². The number of aliphatic hydroxyl groups is 4. The van der Waals surface area contributed by atoms with Crippen LogP contribution in [0.1, 0.15) is 44.9 Å². The van der Waals surface area contributed by atoms with E-state index in [1.807, 2.05) is 0 Å². The molecule has 1 fully saturated rings. The van der Waals surface area contributed by atoms with Gasteiger partial charge in [0.2, 0.25) is 0 Å². The highest BCUT2D eigenvalue weighted by Gasteiger charge is 2.46. The number of hydrogen-bond donors (Lipinski definition) is 4. The molecule has 0 amide bonds. The van der Waals surface area contributed by atoms with Crippen LogP contribution in [0.3, 0.4) is 0 Å². The number of esters is 1. The molecule has 8 nitrogen and oxygen atoms in total. The molecule has 4 N–H and O–H groups in total. The minimum Gasteiger partial charge on any atom is -0.469 e. The molecular weight excluding hydrogens is 320 g/mol. The van der Waals surface area contributed by atoms with Crippen LogP contribution in [0.4, 0.5) is 0 Å². The van der Waals surface area contributed by atoms with Gasteiger partial charge in [-0.1, -0.05) is 25.7 Å². The van der Waals surface area contributed by atoms with Gasteiger partial charge in [0.1, 0.15) is 24.4 Å². The zero-order chi connectivity index (χ0) is 17.9. The van der Waals surface area contributed by atoms with Crippen LogP contribution in [0.2, 0.25) is 0 Å². The number of ether oxygens (including phenoxy) is 3. The number of rotatable bonds is 12. The second kappa shape index (κ2) is 11.7. The Bertz CT molecular complexity index is 351. The van der Waals surface area contributed by atoms with E-state index in [0.29, 0.717) is 13.0 Å². The van der Waals surface area contributed by atoms with Gasteiger partial charge in [-0.25, -0.2) is 0 Å². The Balaban J connectivity index is 2.04. The van der Waals surface area contributed by atoms with Gasteiger partial charge in [0.25, 0.3) is 0 Å². The van der Waals surface area contributed by atoms with Gasteiger partial charge in [0, 0.05) is 13.0 Å². The average molecular weight is 350 g/mol. The van der Waals surface area contributed by atoms with Crippen molar-refractivity contribution < 1.29 is 39.4 Å². The van der Waals surface area contributed by atoms with E-state index < -0.39 is 37.3 Å². The van der Waals surface area contributed by atoms with Crippen molar-refractivity contribution in [1.82, 2.24) is 0 Å². The predicted molar refractivity (Wildman–Crippen MR) is 84.1 cm³/mol. The number of aliphatic hydroxyl groups excluding tert-OH is 4. The molecule has 0 aromatic carbocycles. The van der Waals surface area contributed by atoms with E-state index in [1.165, 1.54) is 7.11 Å². The van der Waals surface area contributed by atoms with E-state index in [2.05, 4.69) is 4.74 Å². The van der Waals surface area contributed by atoms with E-state index in [1.54, 1.807) is 0 Å². The maximum Gasteiger partial charge on any atom is 0.305 e. The monoisotopic (exact) mass is 350 g/mol. The van der Waals surface area contributed by atoms with Gasteiger partial charge >= 0.3 is 5.97 Å². The van der Waals surface area contributed by atoms with Gasteiger partial charge in [-0.2, -0.15) is 0 Å². The van der Waals surface area contributed by atoms with Crippen LogP contribution < -0.4 is 0 Å². The lowest BCUT2D eigenvalue weighted by Gasteiger charge is -2.18. The van der Waals surface area contributed by atoms with Gasteiger partial charge in [0.15, 0.2) is 6.29 Å². The summed E-state index contributed by atoms with van der Waals surface area (Å²) < 4.78 is 15.2. The number of carbonyl (C=O) groups is 1. The Labute approximate surface area is 142 Å². The molecule has 0 spiro atoms. The molecule has 8 heteroatoms. The maximum absolute atomic E-state index is 10.9. The molecule has 0 aromatic rings. The van der Waals surface area contributed by atoms with Gasteiger partial charge in [0.05, 0.1) is 13.7 Å². The quantitative estimate of drug-likeness (QED) is 0.279. The molecule has 0 aliphatic carbocycles. The molecule has 1 aliphatic heterocycles. The first-order valence-corrected chi connectivity index (χ1v) is 8.50. The zero-order valence-electron chi connectivity index (χ0n) is 14.2. The first-order chi connectivity index (χ1) is 11.5. The summed E-state index contributed by atoms with van der Waals surface area (Å²) in [5.41, 5.74) is 0. The Hall–Kier alpha value is -0.770. The molecule has 1 saturated heterocycles. The summed E-state index contributed by atoms with van der Waals surface area (Å²) in [6.45, 7) is -0.185. The number of methoxy groups -OCH3 is 1. The summed E-state index contributed by atoms with van der Waals surface area (Å²) in [5.74, 6) is -0.176. The molecule has 0 aromatic heterocycles. The third-order valence-corrected chi connectivity index (χ3v) is 4.11. The normalized spacial score (nSPS) is 28.0. The molecule has 0 saturated carbocycles. The van der Waals surface area contributed by atoms with Crippen molar-refractivity contribution in [3.63, 3.8) is 0 Å². The molecule has 5 atom stereocenters. The highest BCUT2D eigenvalue weighted by molar-refractivity contribution is 5.68. The van der Waals surface area contributed by atoms with Crippen molar-refractivity contribution >= 4 is 5.97 Å². The molecule has 1 rings (SSSR count). The van der Waals surface area contributed by atoms with E-state index in [-0.39, 0.29) is 5.97 Å². The largest absolute Gasteiger partial charge is 0.469 e. The minimum atomic E-state index is -1.29. The van der Waals surface area contributed by atoms with E-state index >= 15 is 0 Å². The predicted octanol–water partition coefficient (Wildman–Crippen LogP) is -0.293. The van der Waals surface area contributed by atoms with Crippen LogP contribution in [0.25, 0.3) is 0 Å². The molecule has 0 radical (unpaired) electrons. The summed E-state index contributed by atoms with van der Waals surface area (Å²) in [4.78, 5) is 10.9. The van der Waals surface area contributed by atoms with Gasteiger partial charge in [-0.05, 0) is 12.8 Å². The van der Waals surface area contributed by atoms with Crippen molar-refractivity contribution in [2.24, 2.45) is 0 Å². The lowest BCUT2D eigenvalue weighted by Crippen LogP contribution is -2.40. The summed E-state index contributed by atoms with van der Waals surface area (Å²) in [6, 6.07) is 0. The molecule has 0 unspecified atom stereocenters. The van der Waals surface area contributed by atoms with E-state index in [0.717, 1.165) is 38.5 Å². The third kappa shape index (κ3) is 7.00. The second-order valence-electron chi connectivity index (χ2n) is 6.02. The Morgan fingerprint density at radius 1 is 1.08 bits per heavy atom. The number of carbonyl (C=O) groups excluding carboxylic acids is 1. The first-order valence-electron chi connectivity index (χ1n) is 8.50. The molecule has 142 valence electrons. The topological polar surface area (TPSA) is 126 Å². The number of unbranched alkanes of at least 4 members (excludes halogenated alkanes) is 5. The fraction of sp³-hybridized carbons (Fsp3) is 0.938. The van der Waals surface area contributed by atoms with E-state index in [9.17, 15) is 20.1 Å². The van der Waals surface area contributed by atoms with Crippen molar-refractivity contribution in [3.05, 3.63) is 0 Å². The lowest BCUT2D eigenvalue weighted by molar-refractivity contribution is -0.181. The van der Waals surface area contributed by atoms with Crippen LogP contribution in [0, 0.1) is 0 Å². The highest BCUT2D eigenvalue weighted by atomic mass is 16.7. The standard InChI is InChI=1S/C16H30O8/c1-22-12(19)8-6-4-2-3-5-7-9-23-16-14(21)13(20)15(24-16)11(18)10-17/h11,13-18,20-21H,2-10H2,1H3/t11-,13-,14-,15+,16-/m1/s1. The minimum absolute atomic E-state index is 0.176. The third-order valence-electron chi connectivity index (χ3n) is 4.11. The Morgan fingerprint density at radius 3 is 2.33 bits per heavy atom. The molecular formula is C16H30O8. The highest BCUT2D eigenvalue weighted by Crippen LogP contribution is 2.24. The van der Waals surface area contributed by atoms with Crippen molar-refractivity contribution in [1.29, 1.82) is 0 Å². The van der Waals surface area contributed by atoms with Gasteiger partial charge in [-0.3, -0.25) is 4.79 Å². The van der Waals surface area contributed by atoms with Crippen LogP contribution in [-0.4, -0.2) is 77.4 Å². The van der Waals surface area contributed by atoms with Crippen LogP contribution in [0.5, 0.6) is 0 Å². The molecule has 1 aliphatic rings. The zero-order valence-corrected chi connectivity index (χ0v) is 14.2. The van der Waals surface area contributed by atoms with Gasteiger partial charge < -0.3 is 34.6 Å². The number of hydrogen-bond acceptors (Lipinski definition) is 8. The maximum atomic E-state index is 10.9. The SMILES string of the molecule is COC(=O)CCCCCCCCO[C@@H]1O[C@@H]([C@H](O)CO)[C@H](O)[C@H]1O. The van der Waals surface area contributed by atoms with Crippen molar-refractivity contribution in [3.8, 4) is 0 Å². The van der Waals surface area contributed by atoms with Crippen LogP contribution in [0.15, 0.2) is 0 Å². The summed E-state index contributed by atoms with van der Waals surface area (Å²) in [7, 11) is 1.39. The van der Waals surface area contributed by atoms with E-state index in [4.69, 9.17) is 14.6 Å². The Kier molecular flexibility index (Phi) is 10.4. The second-order valence-corrected chi connectivity index (χ2v) is 6.02. The van der Waals surface area contributed by atoms with Crippen molar-refractivity contribution in [2.75, 3.05) is 20.3 Å².